The molecule has 0 aromatic rings. The second-order valence-electron chi connectivity index (χ2n) is 13.7. The number of ketones is 1. The van der Waals surface area contributed by atoms with Gasteiger partial charge in [0.1, 0.15) is 5.78 Å². The second-order valence-corrected chi connectivity index (χ2v) is 13.7. The van der Waals surface area contributed by atoms with Crippen molar-refractivity contribution in [3.63, 3.8) is 0 Å². The fraction of sp³-hybridized carbons (Fsp3) is 0.970. The molecule has 0 amide bonds. The number of hydrogen-bond acceptors (Lipinski definition) is 1. The summed E-state index contributed by atoms with van der Waals surface area (Å²) < 4.78 is 0. The van der Waals surface area contributed by atoms with Gasteiger partial charge < -0.3 is 0 Å². The molecule has 4 aliphatic carbocycles. The first-order valence-electron chi connectivity index (χ1n) is 16.2. The molecule has 0 bridgehead atoms. The summed E-state index contributed by atoms with van der Waals surface area (Å²) in [7, 11) is 0. The van der Waals surface area contributed by atoms with E-state index in [2.05, 4.69) is 13.8 Å². The van der Waals surface area contributed by atoms with Crippen LogP contribution in [0.15, 0.2) is 0 Å². The summed E-state index contributed by atoms with van der Waals surface area (Å²) in [6, 6.07) is 0. The second kappa shape index (κ2) is 12.8. The minimum atomic E-state index is 0.139. The van der Waals surface area contributed by atoms with Gasteiger partial charge in [0.25, 0.3) is 0 Å². The fourth-order valence-electron chi connectivity index (χ4n) is 9.10. The molecule has 4 fully saturated rings. The highest BCUT2D eigenvalue weighted by atomic mass is 16.1. The molecular weight excluding hydrogens is 412 g/mol. The summed E-state index contributed by atoms with van der Waals surface area (Å²) in [5.74, 6) is 4.63. The van der Waals surface area contributed by atoms with Crippen molar-refractivity contribution in [1.29, 1.82) is 0 Å². The Morgan fingerprint density at radius 3 is 1.53 bits per heavy atom. The van der Waals surface area contributed by atoms with Gasteiger partial charge in [0.05, 0.1) is 0 Å². The lowest BCUT2D eigenvalue weighted by molar-refractivity contribution is -0.169. The van der Waals surface area contributed by atoms with E-state index in [0.29, 0.717) is 0 Å². The molecule has 1 heteroatoms. The zero-order chi connectivity index (χ0) is 23.9. The Kier molecular flexibility index (Phi) is 10.0. The molecule has 4 aliphatic rings. The molecule has 0 atom stereocenters. The van der Waals surface area contributed by atoms with Crippen molar-refractivity contribution in [2.75, 3.05) is 0 Å². The molecular formula is C33H58O. The van der Waals surface area contributed by atoms with Crippen LogP contribution in [-0.4, -0.2) is 5.78 Å². The lowest BCUT2D eigenvalue weighted by atomic mass is 9.42. The highest BCUT2D eigenvalue weighted by Crippen LogP contribution is 2.64. The summed E-state index contributed by atoms with van der Waals surface area (Å²) in [6.07, 6.45) is 33.3. The van der Waals surface area contributed by atoms with Crippen LogP contribution in [-0.2, 0) is 4.79 Å². The summed E-state index contributed by atoms with van der Waals surface area (Å²) in [4.78, 5) is 13.6. The molecule has 0 saturated heterocycles. The Morgan fingerprint density at radius 2 is 1.00 bits per heavy atom. The van der Waals surface area contributed by atoms with E-state index in [0.717, 1.165) is 29.5 Å². The minimum absolute atomic E-state index is 0.139. The molecule has 0 heterocycles. The van der Waals surface area contributed by atoms with Gasteiger partial charge >= 0.3 is 0 Å². The maximum absolute atomic E-state index is 13.6. The van der Waals surface area contributed by atoms with Crippen molar-refractivity contribution in [1.82, 2.24) is 0 Å². The van der Waals surface area contributed by atoms with E-state index in [4.69, 9.17) is 0 Å². The first-order chi connectivity index (χ1) is 16.6. The molecule has 0 radical (unpaired) electrons. The zero-order valence-electron chi connectivity index (χ0n) is 23.2. The van der Waals surface area contributed by atoms with Crippen LogP contribution in [0.4, 0.5) is 0 Å². The van der Waals surface area contributed by atoms with Gasteiger partial charge in [-0.1, -0.05) is 97.3 Å². The van der Waals surface area contributed by atoms with E-state index in [1.54, 1.807) is 0 Å². The van der Waals surface area contributed by atoms with Crippen LogP contribution in [0.5, 0.6) is 0 Å². The van der Waals surface area contributed by atoms with Gasteiger partial charge in [-0.3, -0.25) is 4.79 Å². The minimum Gasteiger partial charge on any atom is -0.298 e. The lowest BCUT2D eigenvalue weighted by Gasteiger charge is -2.59. The fourth-order valence-corrected chi connectivity index (χ4v) is 9.10. The number of carbonyl (C=O) groups excluding carboxylic acids is 1. The topological polar surface area (TPSA) is 17.1 Å². The number of Topliss-reactive ketones (excluding diaryl/α,β-unsaturated/α-hetero) is 1. The molecule has 196 valence electrons. The maximum Gasteiger partial charge on any atom is 0.145 e. The molecule has 0 aromatic carbocycles. The number of carbonyl (C=O) groups is 1. The summed E-state index contributed by atoms with van der Waals surface area (Å²) in [5, 5.41) is 0. The predicted octanol–water partition coefficient (Wildman–Crippen LogP) is 10.4. The van der Waals surface area contributed by atoms with Crippen molar-refractivity contribution in [2.24, 2.45) is 34.5 Å². The van der Waals surface area contributed by atoms with Crippen LogP contribution in [0, 0.1) is 34.5 Å². The molecule has 0 N–H and O–H groups in total. The van der Waals surface area contributed by atoms with Gasteiger partial charge in [0.2, 0.25) is 0 Å². The van der Waals surface area contributed by atoms with Crippen molar-refractivity contribution in [3.8, 4) is 0 Å². The molecule has 4 saturated carbocycles. The molecule has 0 unspecified atom stereocenters. The van der Waals surface area contributed by atoms with Crippen LogP contribution in [0.3, 0.4) is 0 Å². The third kappa shape index (κ3) is 6.32. The van der Waals surface area contributed by atoms with Crippen LogP contribution < -0.4 is 0 Å². The highest BCUT2D eigenvalue weighted by Gasteiger charge is 2.63. The average Bonchev–Trinajstić information content (AvgIpc) is 2.88. The average molecular weight is 471 g/mol. The summed E-state index contributed by atoms with van der Waals surface area (Å²) in [5.41, 5.74) is 0.279. The molecule has 4 rings (SSSR count). The summed E-state index contributed by atoms with van der Waals surface area (Å²) in [6.45, 7) is 4.62. The normalized spacial score (nSPS) is 38.4. The van der Waals surface area contributed by atoms with E-state index in [1.165, 1.54) is 154 Å². The van der Waals surface area contributed by atoms with Crippen LogP contribution >= 0.6 is 0 Å². The Morgan fingerprint density at radius 1 is 0.559 bits per heavy atom. The zero-order valence-corrected chi connectivity index (χ0v) is 23.2. The standard InChI is InChI=1S/C33H58O/c1-3-5-7-9-11-13-28-18-22-32(23-19-28)26-33(31(32)34)24-20-30(21-25-33)29-16-14-27(15-17-29)12-10-8-6-4-2/h27-30H,3-26H2,1-2H3. The van der Waals surface area contributed by atoms with E-state index in [1.807, 2.05) is 0 Å². The quantitative estimate of drug-likeness (QED) is 0.259. The van der Waals surface area contributed by atoms with E-state index in [-0.39, 0.29) is 10.8 Å². The molecule has 0 aromatic heterocycles. The Hall–Kier alpha value is -0.330. The molecule has 34 heavy (non-hydrogen) atoms. The van der Waals surface area contributed by atoms with Crippen LogP contribution in [0.1, 0.15) is 168 Å². The Balaban J connectivity index is 1.13. The molecule has 1 nitrogen and oxygen atoms in total. The van der Waals surface area contributed by atoms with Gasteiger partial charge in [0, 0.05) is 10.8 Å². The van der Waals surface area contributed by atoms with Gasteiger partial charge in [0.15, 0.2) is 0 Å². The lowest BCUT2D eigenvalue weighted by Crippen LogP contribution is -2.59. The van der Waals surface area contributed by atoms with E-state index in [9.17, 15) is 4.79 Å². The Bertz CT molecular complexity index is 596. The Labute approximate surface area is 213 Å². The largest absolute Gasteiger partial charge is 0.298 e. The molecule has 0 aliphatic heterocycles. The molecule has 2 spiro atoms. The first-order valence-corrected chi connectivity index (χ1v) is 16.2. The highest BCUT2D eigenvalue weighted by molar-refractivity contribution is 5.96. The first kappa shape index (κ1) is 26.7. The van der Waals surface area contributed by atoms with Crippen LogP contribution in [0.2, 0.25) is 0 Å². The number of rotatable bonds is 12. The number of hydrogen-bond donors (Lipinski definition) is 0. The van der Waals surface area contributed by atoms with Crippen molar-refractivity contribution in [2.45, 2.75) is 168 Å². The van der Waals surface area contributed by atoms with Gasteiger partial charge in [-0.2, -0.15) is 0 Å². The smallest absolute Gasteiger partial charge is 0.145 e. The SMILES string of the molecule is CCCCCCCC1CCC2(CC1)CC1(CCC(C3CCC(CCCCCC)CC3)CC1)C2=O. The third-order valence-electron chi connectivity index (χ3n) is 11.4. The van der Waals surface area contributed by atoms with Gasteiger partial charge in [-0.05, 0) is 94.3 Å². The summed E-state index contributed by atoms with van der Waals surface area (Å²) >= 11 is 0. The third-order valence-corrected chi connectivity index (χ3v) is 11.4. The van der Waals surface area contributed by atoms with E-state index < -0.39 is 0 Å². The monoisotopic (exact) mass is 470 g/mol. The van der Waals surface area contributed by atoms with Crippen molar-refractivity contribution in [3.05, 3.63) is 0 Å². The number of unbranched alkanes of at least 4 members (excludes halogenated alkanes) is 7. The van der Waals surface area contributed by atoms with Crippen molar-refractivity contribution >= 4 is 5.78 Å². The van der Waals surface area contributed by atoms with E-state index >= 15 is 0 Å². The van der Waals surface area contributed by atoms with Gasteiger partial charge in [-0.25, -0.2) is 0 Å². The van der Waals surface area contributed by atoms with Gasteiger partial charge in [-0.15, -0.1) is 0 Å². The van der Waals surface area contributed by atoms with Crippen LogP contribution in [0.25, 0.3) is 0 Å². The maximum atomic E-state index is 13.6. The predicted molar refractivity (Wildman–Crippen MR) is 146 cm³/mol. The van der Waals surface area contributed by atoms with Crippen molar-refractivity contribution < 1.29 is 4.79 Å².